The minimum atomic E-state index is -3.56. The lowest BCUT2D eigenvalue weighted by molar-refractivity contribution is -0.385. The Morgan fingerprint density at radius 1 is 0.800 bits per heavy atom. The molecule has 0 unspecified atom stereocenters. The maximum atomic E-state index is 12.9. The molecule has 2 aromatic carbocycles. The van der Waals surface area contributed by atoms with E-state index in [1.54, 1.807) is 0 Å². The first-order chi connectivity index (χ1) is 11.8. The molecule has 0 N–H and O–H groups in total. The van der Waals surface area contributed by atoms with E-state index in [0.717, 1.165) is 0 Å². The molecule has 1 heterocycles. The van der Waals surface area contributed by atoms with E-state index in [1.807, 2.05) is 0 Å². The number of rotatable bonds is 4. The molecule has 8 nitrogen and oxygen atoms in total. The van der Waals surface area contributed by atoms with Gasteiger partial charge in [-0.3, -0.25) is 20.2 Å². The van der Waals surface area contributed by atoms with E-state index in [1.165, 1.54) is 48.5 Å². The van der Waals surface area contributed by atoms with Gasteiger partial charge in [0.25, 0.3) is 11.4 Å². The Kier molecular flexibility index (Phi) is 4.03. The zero-order valence-electron chi connectivity index (χ0n) is 13.0. The van der Waals surface area contributed by atoms with Crippen molar-refractivity contribution in [1.82, 2.24) is 0 Å². The van der Waals surface area contributed by atoms with Gasteiger partial charge in [0.1, 0.15) is 4.75 Å². The van der Waals surface area contributed by atoms with Gasteiger partial charge in [-0.2, -0.15) is 0 Å². The Hall–Kier alpha value is -2.81. The van der Waals surface area contributed by atoms with Crippen LogP contribution in [0.3, 0.4) is 0 Å². The van der Waals surface area contributed by atoms with Crippen molar-refractivity contribution >= 4 is 21.2 Å². The molecule has 9 heteroatoms. The maximum absolute atomic E-state index is 12.9. The van der Waals surface area contributed by atoms with Gasteiger partial charge in [-0.05, 0) is 24.0 Å². The molecule has 0 bridgehead atoms. The van der Waals surface area contributed by atoms with Gasteiger partial charge in [0.2, 0.25) is 0 Å². The lowest BCUT2D eigenvalue weighted by Gasteiger charge is -2.29. The standard InChI is InChI=1S/C16H14N2O6S/c19-17(20)14-6-2-12(3-7-14)16(10-1-11-25(16,23)24)13-4-8-15(9-5-13)18(21)22/h2-9H,1,10-11H2. The molecule has 25 heavy (non-hydrogen) atoms. The summed E-state index contributed by atoms with van der Waals surface area (Å²) in [6.45, 7) is 0. The van der Waals surface area contributed by atoms with Gasteiger partial charge in [0.05, 0.1) is 15.6 Å². The summed E-state index contributed by atoms with van der Waals surface area (Å²) >= 11 is 0. The van der Waals surface area contributed by atoms with Crippen LogP contribution in [0.4, 0.5) is 11.4 Å². The molecule has 0 aliphatic carbocycles. The van der Waals surface area contributed by atoms with Crippen LogP contribution in [0.2, 0.25) is 0 Å². The maximum Gasteiger partial charge on any atom is 0.269 e. The fourth-order valence-electron chi connectivity index (χ4n) is 3.36. The van der Waals surface area contributed by atoms with Crippen molar-refractivity contribution in [3.8, 4) is 0 Å². The summed E-state index contributed by atoms with van der Waals surface area (Å²) in [7, 11) is -3.56. The summed E-state index contributed by atoms with van der Waals surface area (Å²) in [5.41, 5.74) is 0.616. The highest BCUT2D eigenvalue weighted by molar-refractivity contribution is 7.92. The number of hydrogen-bond acceptors (Lipinski definition) is 6. The molecule has 0 atom stereocenters. The van der Waals surface area contributed by atoms with Crippen LogP contribution in [0.1, 0.15) is 24.0 Å². The normalized spacial score (nSPS) is 17.9. The largest absolute Gasteiger partial charge is 0.269 e. The van der Waals surface area contributed by atoms with Crippen LogP contribution in [0.25, 0.3) is 0 Å². The quantitative estimate of drug-likeness (QED) is 0.609. The molecule has 0 amide bonds. The second kappa shape index (κ2) is 5.92. The predicted octanol–water partition coefficient (Wildman–Crippen LogP) is 2.96. The highest BCUT2D eigenvalue weighted by Gasteiger charge is 2.50. The average molecular weight is 362 g/mol. The Morgan fingerprint density at radius 3 is 1.48 bits per heavy atom. The fraction of sp³-hybridized carbons (Fsp3) is 0.250. The second-order valence-corrected chi connectivity index (χ2v) is 8.19. The molecular formula is C16H14N2O6S. The highest BCUT2D eigenvalue weighted by atomic mass is 32.2. The van der Waals surface area contributed by atoms with Crippen molar-refractivity contribution in [2.24, 2.45) is 0 Å². The fourth-order valence-corrected chi connectivity index (χ4v) is 5.68. The van der Waals surface area contributed by atoms with E-state index < -0.39 is 24.4 Å². The number of hydrogen-bond donors (Lipinski definition) is 0. The highest BCUT2D eigenvalue weighted by Crippen LogP contribution is 2.47. The number of sulfone groups is 1. The third-order valence-electron chi connectivity index (χ3n) is 4.56. The van der Waals surface area contributed by atoms with E-state index >= 15 is 0 Å². The third kappa shape index (κ3) is 2.66. The van der Waals surface area contributed by atoms with Crippen LogP contribution in [0.5, 0.6) is 0 Å². The summed E-state index contributed by atoms with van der Waals surface area (Å²) in [6.07, 6.45) is 0.779. The first kappa shape index (κ1) is 17.0. The molecule has 0 spiro atoms. The van der Waals surface area contributed by atoms with Crippen LogP contribution in [-0.4, -0.2) is 24.0 Å². The third-order valence-corrected chi connectivity index (χ3v) is 7.13. The van der Waals surface area contributed by atoms with Crippen LogP contribution in [0.15, 0.2) is 48.5 Å². The smallest absolute Gasteiger partial charge is 0.258 e. The van der Waals surface area contributed by atoms with E-state index in [2.05, 4.69) is 0 Å². The van der Waals surface area contributed by atoms with Crippen LogP contribution in [-0.2, 0) is 14.6 Å². The summed E-state index contributed by atoms with van der Waals surface area (Å²) < 4.78 is 24.4. The Balaban J connectivity index is 2.18. The van der Waals surface area contributed by atoms with Crippen LogP contribution in [0, 0.1) is 20.2 Å². The zero-order valence-corrected chi connectivity index (χ0v) is 13.8. The van der Waals surface area contributed by atoms with Gasteiger partial charge >= 0.3 is 0 Å². The predicted molar refractivity (Wildman–Crippen MR) is 90.0 cm³/mol. The van der Waals surface area contributed by atoms with Crippen molar-refractivity contribution in [2.45, 2.75) is 17.6 Å². The molecule has 1 aliphatic heterocycles. The zero-order chi connectivity index (χ0) is 18.2. The lowest BCUT2D eigenvalue weighted by atomic mass is 9.86. The molecule has 1 fully saturated rings. The summed E-state index contributed by atoms with van der Waals surface area (Å²) in [4.78, 5) is 20.6. The molecule has 0 aromatic heterocycles. The van der Waals surface area contributed by atoms with Crippen molar-refractivity contribution in [3.63, 3.8) is 0 Å². The molecule has 2 aromatic rings. The Morgan fingerprint density at radius 2 is 1.20 bits per heavy atom. The average Bonchev–Trinajstić information content (AvgIpc) is 2.90. The van der Waals surface area contributed by atoms with Crippen molar-refractivity contribution < 1.29 is 18.3 Å². The Labute approximate surface area is 143 Å². The molecule has 1 aliphatic rings. The molecular weight excluding hydrogens is 348 g/mol. The summed E-state index contributed by atoms with van der Waals surface area (Å²) in [5.74, 6) is 0.000967. The topological polar surface area (TPSA) is 120 Å². The van der Waals surface area contributed by atoms with Gasteiger partial charge < -0.3 is 0 Å². The van der Waals surface area contributed by atoms with Gasteiger partial charge in [0, 0.05) is 24.3 Å². The van der Waals surface area contributed by atoms with Gasteiger partial charge in [0.15, 0.2) is 9.84 Å². The van der Waals surface area contributed by atoms with Crippen molar-refractivity contribution in [3.05, 3.63) is 79.9 Å². The van der Waals surface area contributed by atoms with Gasteiger partial charge in [-0.25, -0.2) is 8.42 Å². The van der Waals surface area contributed by atoms with Crippen LogP contribution >= 0.6 is 0 Å². The summed E-state index contributed by atoms with van der Waals surface area (Å²) in [5, 5.41) is 21.7. The van der Waals surface area contributed by atoms with Gasteiger partial charge in [-0.1, -0.05) is 24.3 Å². The minimum Gasteiger partial charge on any atom is -0.258 e. The summed E-state index contributed by atoms with van der Waals surface area (Å²) in [6, 6.07) is 10.9. The monoisotopic (exact) mass is 362 g/mol. The van der Waals surface area contributed by atoms with E-state index in [-0.39, 0.29) is 17.1 Å². The first-order valence-electron chi connectivity index (χ1n) is 7.50. The number of non-ortho nitro benzene ring substituents is 2. The molecule has 0 saturated carbocycles. The molecule has 3 rings (SSSR count). The molecule has 130 valence electrons. The van der Waals surface area contributed by atoms with Gasteiger partial charge in [-0.15, -0.1) is 0 Å². The van der Waals surface area contributed by atoms with Crippen LogP contribution < -0.4 is 0 Å². The molecule has 0 radical (unpaired) electrons. The second-order valence-electron chi connectivity index (χ2n) is 5.86. The van der Waals surface area contributed by atoms with Crippen molar-refractivity contribution in [2.75, 3.05) is 5.75 Å². The van der Waals surface area contributed by atoms with E-state index in [0.29, 0.717) is 24.0 Å². The number of nitrogens with zero attached hydrogens (tertiary/aromatic N) is 2. The lowest BCUT2D eigenvalue weighted by Crippen LogP contribution is -2.33. The minimum absolute atomic E-state index is 0.000967. The van der Waals surface area contributed by atoms with Crippen molar-refractivity contribution in [1.29, 1.82) is 0 Å². The first-order valence-corrected chi connectivity index (χ1v) is 9.15. The molecule has 1 saturated heterocycles. The van der Waals surface area contributed by atoms with E-state index in [9.17, 15) is 28.6 Å². The number of nitro groups is 2. The van der Waals surface area contributed by atoms with E-state index in [4.69, 9.17) is 0 Å². The number of benzene rings is 2. The SMILES string of the molecule is O=[N+]([O-])c1ccc(C2(c3ccc([N+](=O)[O-])cc3)CCCS2(=O)=O)cc1. The Bertz CT molecular complexity index is 878. The number of nitro benzene ring substituents is 2.